The minimum atomic E-state index is -1.77. The Kier molecular flexibility index (Phi) is 5.00. The number of hydrogen-bond donors (Lipinski definition) is 0. The van der Waals surface area contributed by atoms with E-state index in [1.807, 2.05) is 6.08 Å². The van der Waals surface area contributed by atoms with Crippen LogP contribution in [0.2, 0.25) is 18.1 Å². The second kappa shape index (κ2) is 6.12. The molecule has 2 aliphatic rings. The van der Waals surface area contributed by atoms with Crippen molar-refractivity contribution in [3.8, 4) is 0 Å². The van der Waals surface area contributed by atoms with Crippen LogP contribution in [0.3, 0.4) is 0 Å². The van der Waals surface area contributed by atoms with Gasteiger partial charge in [-0.05, 0) is 24.6 Å². The van der Waals surface area contributed by atoms with E-state index in [1.54, 1.807) is 7.11 Å². The topological polar surface area (TPSA) is 36.9 Å². The fourth-order valence-corrected chi connectivity index (χ4v) is 3.66. The molecule has 2 saturated heterocycles. The lowest BCUT2D eigenvalue weighted by molar-refractivity contribution is -0.149. The first kappa shape index (κ1) is 17.2. The summed E-state index contributed by atoms with van der Waals surface area (Å²) in [6, 6.07) is 0. The van der Waals surface area contributed by atoms with Crippen molar-refractivity contribution in [2.24, 2.45) is 5.92 Å². The highest BCUT2D eigenvalue weighted by atomic mass is 28.4. The minimum Gasteiger partial charge on any atom is -0.414 e. The largest absolute Gasteiger partial charge is 0.414 e. The van der Waals surface area contributed by atoms with Crippen LogP contribution in [0.4, 0.5) is 0 Å². The Morgan fingerprint density at radius 2 is 1.95 bits per heavy atom. The van der Waals surface area contributed by atoms with Gasteiger partial charge in [-0.25, -0.2) is 0 Å². The SMILES string of the molecule is C=C[C@@H]1C[C@@H](OC)[C@@H]2O[C@H]1O[C@H]2CO[Si](C)(C)C(C)(C)C. The van der Waals surface area contributed by atoms with E-state index < -0.39 is 8.32 Å². The third-order valence-electron chi connectivity index (χ3n) is 5.21. The fourth-order valence-electron chi connectivity index (χ4n) is 2.65. The Balaban J connectivity index is 2.00. The van der Waals surface area contributed by atoms with E-state index >= 15 is 0 Å². The Hall–Kier alpha value is -0.203. The molecule has 122 valence electrons. The molecule has 5 heteroatoms. The van der Waals surface area contributed by atoms with Crippen LogP contribution in [0.5, 0.6) is 0 Å². The summed E-state index contributed by atoms with van der Waals surface area (Å²) in [5.41, 5.74) is 0. The van der Waals surface area contributed by atoms with Gasteiger partial charge in [0.25, 0.3) is 0 Å². The molecule has 21 heavy (non-hydrogen) atoms. The molecule has 2 aliphatic heterocycles. The zero-order chi connectivity index (χ0) is 15.8. The summed E-state index contributed by atoms with van der Waals surface area (Å²) in [4.78, 5) is 0. The zero-order valence-electron chi connectivity index (χ0n) is 14.2. The molecule has 0 aliphatic carbocycles. The quantitative estimate of drug-likeness (QED) is 0.576. The van der Waals surface area contributed by atoms with Crippen LogP contribution in [0.15, 0.2) is 12.7 Å². The molecular formula is C16H30O4Si. The molecule has 0 saturated carbocycles. The fraction of sp³-hybridized carbons (Fsp3) is 0.875. The Morgan fingerprint density at radius 3 is 2.48 bits per heavy atom. The number of hydrogen-bond acceptors (Lipinski definition) is 4. The molecule has 4 nitrogen and oxygen atoms in total. The van der Waals surface area contributed by atoms with Crippen molar-refractivity contribution >= 4 is 8.32 Å². The standard InChI is InChI=1S/C16H30O4Si/c1-8-11-9-12(17-5)14-13(19-15(11)20-14)10-18-21(6,7)16(2,3)4/h8,11-15H,1,9-10H2,2-7H3/t11-,12-,13+,14+,15-/m1/s1. The van der Waals surface area contributed by atoms with E-state index in [2.05, 4.69) is 40.4 Å². The summed E-state index contributed by atoms with van der Waals surface area (Å²) in [5, 5.41) is 0.200. The summed E-state index contributed by atoms with van der Waals surface area (Å²) in [5.74, 6) is 0.198. The lowest BCUT2D eigenvalue weighted by Gasteiger charge is -2.37. The lowest BCUT2D eigenvalue weighted by Crippen LogP contribution is -2.46. The highest BCUT2D eigenvalue weighted by Gasteiger charge is 2.50. The summed E-state index contributed by atoms with van der Waals surface area (Å²) in [7, 11) is -0.0357. The van der Waals surface area contributed by atoms with E-state index in [0.717, 1.165) is 6.42 Å². The first-order valence-electron chi connectivity index (χ1n) is 7.80. The molecule has 0 amide bonds. The highest BCUT2D eigenvalue weighted by molar-refractivity contribution is 6.74. The summed E-state index contributed by atoms with van der Waals surface area (Å²) in [6.45, 7) is 15.7. The summed E-state index contributed by atoms with van der Waals surface area (Å²) < 4.78 is 23.9. The molecule has 5 atom stereocenters. The average molecular weight is 314 g/mol. The van der Waals surface area contributed by atoms with Gasteiger partial charge in [0.2, 0.25) is 0 Å². The first-order valence-corrected chi connectivity index (χ1v) is 10.7. The molecule has 0 unspecified atom stereocenters. The molecule has 2 rings (SSSR count). The van der Waals surface area contributed by atoms with E-state index in [9.17, 15) is 0 Å². The monoisotopic (exact) mass is 314 g/mol. The molecule has 0 radical (unpaired) electrons. The van der Waals surface area contributed by atoms with Crippen molar-refractivity contribution in [3.05, 3.63) is 12.7 Å². The Bertz CT molecular complexity index is 377. The number of fused-ring (bicyclic) bond motifs is 2. The predicted molar refractivity (Wildman–Crippen MR) is 85.8 cm³/mol. The van der Waals surface area contributed by atoms with Crippen LogP contribution in [0.25, 0.3) is 0 Å². The third kappa shape index (κ3) is 3.42. The molecule has 0 aromatic carbocycles. The van der Waals surface area contributed by atoms with Gasteiger partial charge in [0, 0.05) is 13.0 Å². The number of rotatable bonds is 5. The van der Waals surface area contributed by atoms with Crippen molar-refractivity contribution < 1.29 is 18.6 Å². The molecule has 0 aromatic heterocycles. The molecule has 2 heterocycles. The summed E-state index contributed by atoms with van der Waals surface area (Å²) >= 11 is 0. The maximum Gasteiger partial charge on any atom is 0.192 e. The van der Waals surface area contributed by atoms with Gasteiger partial charge in [-0.3, -0.25) is 0 Å². The van der Waals surface area contributed by atoms with Crippen LogP contribution >= 0.6 is 0 Å². The van der Waals surface area contributed by atoms with E-state index in [1.165, 1.54) is 0 Å². The smallest absolute Gasteiger partial charge is 0.192 e. The van der Waals surface area contributed by atoms with Gasteiger partial charge >= 0.3 is 0 Å². The molecule has 2 fully saturated rings. The van der Waals surface area contributed by atoms with Crippen molar-refractivity contribution in [1.82, 2.24) is 0 Å². The normalized spacial score (nSPS) is 36.8. The molecular weight excluding hydrogens is 284 g/mol. The van der Waals surface area contributed by atoms with Gasteiger partial charge in [-0.15, -0.1) is 6.58 Å². The van der Waals surface area contributed by atoms with E-state index in [4.69, 9.17) is 18.6 Å². The maximum atomic E-state index is 6.30. The second-order valence-corrected chi connectivity index (χ2v) is 12.4. The third-order valence-corrected chi connectivity index (χ3v) is 9.71. The van der Waals surface area contributed by atoms with Crippen molar-refractivity contribution in [2.75, 3.05) is 13.7 Å². The van der Waals surface area contributed by atoms with Gasteiger partial charge in [0.15, 0.2) is 14.6 Å². The molecule has 0 spiro atoms. The van der Waals surface area contributed by atoms with Gasteiger partial charge < -0.3 is 18.6 Å². The van der Waals surface area contributed by atoms with Crippen LogP contribution in [0, 0.1) is 5.92 Å². The van der Waals surface area contributed by atoms with Crippen molar-refractivity contribution in [3.63, 3.8) is 0 Å². The van der Waals surface area contributed by atoms with Crippen LogP contribution in [0.1, 0.15) is 27.2 Å². The maximum absolute atomic E-state index is 6.30. The predicted octanol–water partition coefficient (Wildman–Crippen LogP) is 3.34. The molecule has 0 aromatic rings. The van der Waals surface area contributed by atoms with Gasteiger partial charge in [0.05, 0.1) is 12.7 Å². The van der Waals surface area contributed by atoms with E-state index in [0.29, 0.717) is 6.61 Å². The molecule has 0 N–H and O–H groups in total. The number of ether oxygens (including phenoxy) is 3. The summed E-state index contributed by atoms with van der Waals surface area (Å²) in [6.07, 6.45) is 2.61. The molecule has 2 bridgehead atoms. The second-order valence-electron chi connectivity index (χ2n) is 7.62. The average Bonchev–Trinajstić information content (AvgIpc) is 2.75. The van der Waals surface area contributed by atoms with Crippen LogP contribution < -0.4 is 0 Å². The first-order chi connectivity index (χ1) is 9.69. The van der Waals surface area contributed by atoms with E-state index in [-0.39, 0.29) is 35.6 Å². The Labute approximate surface area is 129 Å². The van der Waals surface area contributed by atoms with Crippen molar-refractivity contribution in [1.29, 1.82) is 0 Å². The van der Waals surface area contributed by atoms with Crippen LogP contribution in [-0.2, 0) is 18.6 Å². The number of methoxy groups -OCH3 is 1. The lowest BCUT2D eigenvalue weighted by atomic mass is 9.94. The Morgan fingerprint density at radius 1 is 1.29 bits per heavy atom. The van der Waals surface area contributed by atoms with Gasteiger partial charge in [-0.1, -0.05) is 26.8 Å². The zero-order valence-corrected chi connectivity index (χ0v) is 15.2. The van der Waals surface area contributed by atoms with Gasteiger partial charge in [0.1, 0.15) is 12.2 Å². The van der Waals surface area contributed by atoms with Crippen LogP contribution in [-0.4, -0.2) is 46.6 Å². The minimum absolute atomic E-state index is 0.0269. The van der Waals surface area contributed by atoms with Crippen molar-refractivity contribution in [2.45, 2.75) is 69.9 Å². The van der Waals surface area contributed by atoms with Gasteiger partial charge in [-0.2, -0.15) is 0 Å². The highest BCUT2D eigenvalue weighted by Crippen LogP contribution is 2.40.